The Morgan fingerprint density at radius 3 is 1.83 bits per heavy atom. The molecule has 0 saturated carbocycles. The van der Waals surface area contributed by atoms with E-state index < -0.39 is 0 Å². The number of nitrogens with zero attached hydrogens (tertiary/aromatic N) is 3. The van der Waals surface area contributed by atoms with Gasteiger partial charge in [-0.1, -0.05) is 60.7 Å². The molecule has 0 N–H and O–H groups in total. The predicted molar refractivity (Wildman–Crippen MR) is 97.7 cm³/mol. The van der Waals surface area contributed by atoms with Crippen molar-refractivity contribution in [2.24, 2.45) is 4.99 Å². The minimum Gasteiger partial charge on any atom is -0.260 e. The van der Waals surface area contributed by atoms with Crippen molar-refractivity contribution in [2.45, 2.75) is 12.8 Å². The van der Waals surface area contributed by atoms with Crippen LogP contribution in [0.25, 0.3) is 17.0 Å². The zero-order chi connectivity index (χ0) is 16.2. The smallest absolute Gasteiger partial charge is 0.159 e. The molecule has 0 aliphatic carbocycles. The number of benzene rings is 2. The molecular formula is C21H17N3. The van der Waals surface area contributed by atoms with Crippen molar-refractivity contribution in [3.8, 4) is 11.4 Å². The molecule has 2 heterocycles. The van der Waals surface area contributed by atoms with E-state index in [9.17, 15) is 0 Å². The van der Waals surface area contributed by atoms with Crippen LogP contribution in [-0.4, -0.2) is 15.7 Å². The van der Waals surface area contributed by atoms with Crippen molar-refractivity contribution in [3.05, 3.63) is 90.4 Å². The van der Waals surface area contributed by atoms with E-state index in [0.29, 0.717) is 0 Å². The van der Waals surface area contributed by atoms with Gasteiger partial charge in [0.25, 0.3) is 0 Å². The highest BCUT2D eigenvalue weighted by molar-refractivity contribution is 6.02. The quantitative estimate of drug-likeness (QED) is 0.699. The van der Waals surface area contributed by atoms with Gasteiger partial charge in [0.05, 0.1) is 5.71 Å². The van der Waals surface area contributed by atoms with E-state index >= 15 is 0 Å². The van der Waals surface area contributed by atoms with Crippen LogP contribution >= 0.6 is 0 Å². The van der Waals surface area contributed by atoms with Crippen LogP contribution in [0, 0.1) is 0 Å². The Balaban J connectivity index is 1.57. The number of rotatable bonds is 3. The number of aromatic nitrogens is 2. The molecule has 1 aromatic heterocycles. The maximum atomic E-state index is 4.63. The minimum absolute atomic E-state index is 0.747. The van der Waals surface area contributed by atoms with Gasteiger partial charge < -0.3 is 0 Å². The summed E-state index contributed by atoms with van der Waals surface area (Å²) in [5, 5.41) is 0. The number of hydrogen-bond acceptors (Lipinski definition) is 3. The molecule has 24 heavy (non-hydrogen) atoms. The van der Waals surface area contributed by atoms with Gasteiger partial charge in [-0.05, 0) is 24.0 Å². The topological polar surface area (TPSA) is 38.1 Å². The molecule has 1 aliphatic rings. The van der Waals surface area contributed by atoms with Crippen LogP contribution in [0.2, 0.25) is 0 Å². The summed E-state index contributed by atoms with van der Waals surface area (Å²) in [6.07, 6.45) is 7.61. The molecule has 3 heteroatoms. The fraction of sp³-hybridized carbons (Fsp3) is 0.0952. The Bertz CT molecular complexity index is 879. The van der Waals surface area contributed by atoms with Crippen LogP contribution in [-0.2, 0) is 0 Å². The highest BCUT2D eigenvalue weighted by Gasteiger charge is 2.12. The van der Waals surface area contributed by atoms with Crippen LogP contribution in [0.3, 0.4) is 0 Å². The lowest BCUT2D eigenvalue weighted by atomic mass is 9.97. The molecule has 0 unspecified atom stereocenters. The molecule has 0 radical (unpaired) electrons. The zero-order valence-corrected chi connectivity index (χ0v) is 13.3. The fourth-order valence-corrected chi connectivity index (χ4v) is 2.84. The maximum absolute atomic E-state index is 4.63. The number of allylic oxidation sites excluding steroid dienone is 1. The largest absolute Gasteiger partial charge is 0.260 e. The third-order valence-corrected chi connectivity index (χ3v) is 4.17. The van der Waals surface area contributed by atoms with Crippen molar-refractivity contribution in [2.75, 3.05) is 0 Å². The van der Waals surface area contributed by atoms with E-state index in [0.717, 1.165) is 35.5 Å². The normalized spacial score (nSPS) is 14.0. The van der Waals surface area contributed by atoms with Gasteiger partial charge in [-0.2, -0.15) is 0 Å². The molecule has 0 saturated heterocycles. The maximum Gasteiger partial charge on any atom is 0.159 e. The second-order valence-electron chi connectivity index (χ2n) is 5.76. The first-order valence-corrected chi connectivity index (χ1v) is 8.09. The van der Waals surface area contributed by atoms with Gasteiger partial charge in [0, 0.05) is 29.7 Å². The van der Waals surface area contributed by atoms with Gasteiger partial charge in [-0.15, -0.1) is 0 Å². The Kier molecular flexibility index (Phi) is 3.98. The van der Waals surface area contributed by atoms with Crippen LogP contribution in [0.5, 0.6) is 0 Å². The SMILES string of the molecule is C1=C(c2ccccc2)CCC(c2cnc(-c3ccccc3)nc2)=N1. The Hall–Kier alpha value is -3.07. The van der Waals surface area contributed by atoms with Gasteiger partial charge in [0.15, 0.2) is 5.82 Å². The van der Waals surface area contributed by atoms with Crippen molar-refractivity contribution in [3.63, 3.8) is 0 Å². The second-order valence-corrected chi connectivity index (χ2v) is 5.76. The van der Waals surface area contributed by atoms with E-state index in [1.165, 1.54) is 11.1 Å². The van der Waals surface area contributed by atoms with Crippen molar-refractivity contribution in [1.29, 1.82) is 0 Å². The van der Waals surface area contributed by atoms with Gasteiger partial charge in [-0.25, -0.2) is 9.97 Å². The minimum atomic E-state index is 0.747. The third kappa shape index (κ3) is 3.01. The Labute approximate surface area is 141 Å². The zero-order valence-electron chi connectivity index (χ0n) is 13.3. The van der Waals surface area contributed by atoms with Crippen LogP contribution in [0.15, 0.2) is 84.2 Å². The first-order chi connectivity index (χ1) is 11.9. The Morgan fingerprint density at radius 1 is 0.625 bits per heavy atom. The molecule has 0 atom stereocenters. The summed E-state index contributed by atoms with van der Waals surface area (Å²) < 4.78 is 0. The first-order valence-electron chi connectivity index (χ1n) is 8.09. The summed E-state index contributed by atoms with van der Waals surface area (Å²) in [7, 11) is 0. The lowest BCUT2D eigenvalue weighted by molar-refractivity contribution is 1.07. The van der Waals surface area contributed by atoms with Crippen molar-refractivity contribution < 1.29 is 0 Å². The van der Waals surface area contributed by atoms with E-state index in [1.807, 2.05) is 55.0 Å². The highest BCUT2D eigenvalue weighted by atomic mass is 14.9. The molecule has 0 fully saturated rings. The van der Waals surface area contributed by atoms with E-state index in [-0.39, 0.29) is 0 Å². The lowest BCUT2D eigenvalue weighted by Gasteiger charge is -2.14. The predicted octanol–water partition coefficient (Wildman–Crippen LogP) is 4.77. The molecular weight excluding hydrogens is 294 g/mol. The number of aliphatic imine (C=N–C) groups is 1. The van der Waals surface area contributed by atoms with Crippen LogP contribution in [0.4, 0.5) is 0 Å². The number of hydrogen-bond donors (Lipinski definition) is 0. The monoisotopic (exact) mass is 311 g/mol. The van der Waals surface area contributed by atoms with Gasteiger partial charge in [-0.3, -0.25) is 4.99 Å². The molecule has 3 nitrogen and oxygen atoms in total. The average Bonchev–Trinajstić information content (AvgIpc) is 2.70. The van der Waals surface area contributed by atoms with Crippen molar-refractivity contribution in [1.82, 2.24) is 9.97 Å². The fourth-order valence-electron chi connectivity index (χ4n) is 2.84. The molecule has 4 rings (SSSR count). The van der Waals surface area contributed by atoms with Crippen LogP contribution in [0.1, 0.15) is 24.0 Å². The van der Waals surface area contributed by atoms with E-state index in [1.54, 1.807) is 0 Å². The highest BCUT2D eigenvalue weighted by Crippen LogP contribution is 2.25. The first kappa shape index (κ1) is 14.5. The van der Waals surface area contributed by atoms with E-state index in [2.05, 4.69) is 39.2 Å². The Morgan fingerprint density at radius 2 is 1.25 bits per heavy atom. The molecule has 0 spiro atoms. The van der Waals surface area contributed by atoms with Gasteiger partial charge >= 0.3 is 0 Å². The van der Waals surface area contributed by atoms with E-state index in [4.69, 9.17) is 0 Å². The second kappa shape index (κ2) is 6.59. The molecule has 1 aliphatic heterocycles. The summed E-state index contributed by atoms with van der Waals surface area (Å²) in [6, 6.07) is 20.4. The molecule has 0 amide bonds. The summed E-state index contributed by atoms with van der Waals surface area (Å²) >= 11 is 0. The van der Waals surface area contributed by atoms with Crippen LogP contribution < -0.4 is 0 Å². The summed E-state index contributed by atoms with van der Waals surface area (Å²) in [6.45, 7) is 0. The standard InChI is InChI=1S/C21H17N3/c1-3-7-16(8-4-1)18-11-12-20(22-13-18)19-14-23-21(24-15-19)17-9-5-2-6-10-17/h1-10,13-15H,11-12H2. The average molecular weight is 311 g/mol. The molecule has 0 bridgehead atoms. The summed E-state index contributed by atoms with van der Waals surface area (Å²) in [5.41, 5.74) is 5.60. The molecule has 2 aromatic carbocycles. The van der Waals surface area contributed by atoms with Gasteiger partial charge in [0.2, 0.25) is 0 Å². The van der Waals surface area contributed by atoms with Gasteiger partial charge in [0.1, 0.15) is 0 Å². The van der Waals surface area contributed by atoms with Crippen molar-refractivity contribution >= 4 is 11.3 Å². The molecule has 3 aromatic rings. The lowest BCUT2D eigenvalue weighted by Crippen LogP contribution is -2.06. The molecule has 116 valence electrons. The third-order valence-electron chi connectivity index (χ3n) is 4.17. The summed E-state index contributed by atoms with van der Waals surface area (Å²) in [4.78, 5) is 13.6. The summed E-state index contributed by atoms with van der Waals surface area (Å²) in [5.74, 6) is 0.747.